The monoisotopic (exact) mass is 421 g/mol. The van der Waals surface area contributed by atoms with E-state index in [1.165, 1.54) is 0 Å². The normalized spacial score (nSPS) is 13.3. The van der Waals surface area contributed by atoms with Gasteiger partial charge in [-0.15, -0.1) is 0 Å². The third-order valence-electron chi connectivity index (χ3n) is 5.57. The number of nitrogen functional groups attached to an aromatic ring is 1. The van der Waals surface area contributed by atoms with Crippen LogP contribution in [-0.2, 0) is 25.2 Å². The topological polar surface area (TPSA) is 26.0 Å². The van der Waals surface area contributed by atoms with Gasteiger partial charge in [0.1, 0.15) is 0 Å². The van der Waals surface area contributed by atoms with Crippen molar-refractivity contribution < 1.29 is 26.3 Å². The molecule has 0 aliphatic heterocycles. The summed E-state index contributed by atoms with van der Waals surface area (Å²) in [7, 11) is 0. The van der Waals surface area contributed by atoms with E-state index in [-0.39, 0.29) is 18.1 Å². The molecule has 3 aromatic carbocycles. The van der Waals surface area contributed by atoms with E-state index in [1.54, 1.807) is 6.92 Å². The Balaban J connectivity index is 1.82. The lowest BCUT2D eigenvalue weighted by Gasteiger charge is -2.17. The summed E-state index contributed by atoms with van der Waals surface area (Å²) in [6, 6.07) is 11.2. The van der Waals surface area contributed by atoms with Crippen molar-refractivity contribution in [2.24, 2.45) is 0 Å². The summed E-state index contributed by atoms with van der Waals surface area (Å²) < 4.78 is 79.1. The van der Waals surface area contributed by atoms with Crippen molar-refractivity contribution >= 4 is 5.69 Å². The number of nitrogens with two attached hydrogens (primary N) is 1. The van der Waals surface area contributed by atoms with Gasteiger partial charge in [0.25, 0.3) is 0 Å². The zero-order chi connectivity index (χ0) is 21.8. The molecular weight excluding hydrogens is 404 g/mol. The highest BCUT2D eigenvalue weighted by Gasteiger charge is 2.37. The number of anilines is 1. The van der Waals surface area contributed by atoms with Crippen LogP contribution in [0.4, 0.5) is 32.0 Å². The average Bonchev–Trinajstić information content (AvgIpc) is 3.03. The van der Waals surface area contributed by atoms with Crippen molar-refractivity contribution in [3.63, 3.8) is 0 Å². The van der Waals surface area contributed by atoms with Gasteiger partial charge in [-0.3, -0.25) is 0 Å². The van der Waals surface area contributed by atoms with Crippen molar-refractivity contribution in [2.75, 3.05) is 5.73 Å². The highest BCUT2D eigenvalue weighted by atomic mass is 19.4. The van der Waals surface area contributed by atoms with Gasteiger partial charge in [-0.25, -0.2) is 0 Å². The van der Waals surface area contributed by atoms with E-state index in [2.05, 4.69) is 0 Å². The first-order chi connectivity index (χ1) is 13.9. The lowest BCUT2D eigenvalue weighted by molar-refractivity contribution is -0.143. The van der Waals surface area contributed by atoms with Crippen LogP contribution < -0.4 is 5.73 Å². The predicted octanol–water partition coefficient (Wildman–Crippen LogP) is 6.78. The first-order valence-corrected chi connectivity index (χ1v) is 9.22. The number of halogens is 6. The van der Waals surface area contributed by atoms with E-state index in [0.29, 0.717) is 23.2 Å². The van der Waals surface area contributed by atoms with Crippen LogP contribution in [0.5, 0.6) is 0 Å². The van der Waals surface area contributed by atoms with Gasteiger partial charge < -0.3 is 5.73 Å². The second kappa shape index (κ2) is 6.79. The van der Waals surface area contributed by atoms with Gasteiger partial charge in [0.15, 0.2) is 0 Å². The summed E-state index contributed by atoms with van der Waals surface area (Å²) in [5, 5.41) is 0. The Hall–Kier alpha value is -2.96. The van der Waals surface area contributed by atoms with Crippen LogP contribution in [0, 0.1) is 6.92 Å². The fraction of sp³-hybridized carbons (Fsp3) is 0.217. The van der Waals surface area contributed by atoms with Crippen LogP contribution in [0.25, 0.3) is 11.1 Å². The van der Waals surface area contributed by atoms with Gasteiger partial charge >= 0.3 is 12.4 Å². The first-order valence-electron chi connectivity index (χ1n) is 9.22. The number of hydrogen-bond donors (Lipinski definition) is 1. The van der Waals surface area contributed by atoms with Crippen LogP contribution >= 0.6 is 0 Å². The summed E-state index contributed by atoms with van der Waals surface area (Å²) in [4.78, 5) is 0. The molecule has 0 saturated carbocycles. The van der Waals surface area contributed by atoms with E-state index in [4.69, 9.17) is 5.73 Å². The number of fused-ring (bicyclic) bond motifs is 3. The van der Waals surface area contributed by atoms with Gasteiger partial charge in [0, 0.05) is 12.1 Å². The molecule has 0 radical (unpaired) electrons. The average molecular weight is 421 g/mol. The Morgan fingerprint density at radius 2 is 1.43 bits per heavy atom. The standard InChI is InChI=1S/C23H17F6N/c1-12-15(10-19-18-5-3-2-4-14(18)9-20(19)21(12)30)6-13-7-16(22(24,25)26)11-17(8-13)23(27,28)29/h2-5,7-8,10-11H,6,9,30H2,1H3. The minimum absolute atomic E-state index is 0.0640. The molecule has 0 fully saturated rings. The molecule has 2 N–H and O–H groups in total. The Labute approximate surface area is 169 Å². The van der Waals surface area contributed by atoms with Gasteiger partial charge in [-0.05, 0) is 70.5 Å². The minimum Gasteiger partial charge on any atom is -0.398 e. The fourth-order valence-electron chi connectivity index (χ4n) is 4.00. The SMILES string of the molecule is Cc1c(Cc2cc(C(F)(F)F)cc(C(F)(F)F)c2)cc2c(c1N)Cc1ccccc1-2. The van der Waals surface area contributed by atoms with Gasteiger partial charge in [-0.2, -0.15) is 26.3 Å². The maximum atomic E-state index is 13.2. The van der Waals surface area contributed by atoms with Crippen LogP contribution in [0.15, 0.2) is 48.5 Å². The Bertz CT molecular complexity index is 1110. The molecule has 7 heteroatoms. The second-order valence-corrected chi connectivity index (χ2v) is 7.53. The number of rotatable bonds is 2. The zero-order valence-electron chi connectivity index (χ0n) is 15.9. The third kappa shape index (κ3) is 3.53. The van der Waals surface area contributed by atoms with Crippen molar-refractivity contribution in [3.8, 4) is 11.1 Å². The molecule has 156 valence electrons. The van der Waals surface area contributed by atoms with E-state index < -0.39 is 23.5 Å². The fourth-order valence-corrected chi connectivity index (χ4v) is 4.00. The van der Waals surface area contributed by atoms with E-state index in [9.17, 15) is 26.3 Å². The van der Waals surface area contributed by atoms with Gasteiger partial charge in [0.05, 0.1) is 11.1 Å². The molecule has 0 bridgehead atoms. The van der Waals surface area contributed by atoms with Crippen LogP contribution in [0.3, 0.4) is 0 Å². The van der Waals surface area contributed by atoms with E-state index in [0.717, 1.165) is 34.4 Å². The van der Waals surface area contributed by atoms with Crippen LogP contribution in [0.2, 0.25) is 0 Å². The molecule has 0 saturated heterocycles. The second-order valence-electron chi connectivity index (χ2n) is 7.53. The summed E-state index contributed by atoms with van der Waals surface area (Å²) in [5.74, 6) is 0. The number of benzene rings is 3. The lowest BCUT2D eigenvalue weighted by atomic mass is 9.91. The highest BCUT2D eigenvalue weighted by molar-refractivity contribution is 5.83. The van der Waals surface area contributed by atoms with Crippen LogP contribution in [0.1, 0.15) is 38.9 Å². The molecule has 30 heavy (non-hydrogen) atoms. The van der Waals surface area contributed by atoms with Crippen molar-refractivity contribution in [3.05, 3.63) is 87.5 Å². The third-order valence-corrected chi connectivity index (χ3v) is 5.57. The molecule has 1 aliphatic rings. The molecule has 0 unspecified atom stereocenters. The molecule has 3 aromatic rings. The Morgan fingerprint density at radius 3 is 2.03 bits per heavy atom. The maximum absolute atomic E-state index is 13.2. The molecule has 0 spiro atoms. The predicted molar refractivity (Wildman–Crippen MR) is 103 cm³/mol. The molecule has 0 atom stereocenters. The zero-order valence-corrected chi connectivity index (χ0v) is 15.9. The maximum Gasteiger partial charge on any atom is 0.416 e. The first kappa shape index (κ1) is 20.3. The molecule has 1 aliphatic carbocycles. The summed E-state index contributed by atoms with van der Waals surface area (Å²) in [6.07, 6.45) is -9.18. The molecule has 1 nitrogen and oxygen atoms in total. The molecule has 0 amide bonds. The molecule has 0 heterocycles. The summed E-state index contributed by atoms with van der Waals surface area (Å²) >= 11 is 0. The largest absolute Gasteiger partial charge is 0.416 e. The number of hydrogen-bond acceptors (Lipinski definition) is 1. The Kier molecular flexibility index (Phi) is 4.60. The molecule has 4 rings (SSSR count). The van der Waals surface area contributed by atoms with Crippen molar-refractivity contribution in [1.29, 1.82) is 0 Å². The van der Waals surface area contributed by atoms with Crippen molar-refractivity contribution in [2.45, 2.75) is 32.1 Å². The van der Waals surface area contributed by atoms with Gasteiger partial charge in [-0.1, -0.05) is 30.3 Å². The van der Waals surface area contributed by atoms with Gasteiger partial charge in [0.2, 0.25) is 0 Å². The summed E-state index contributed by atoms with van der Waals surface area (Å²) in [6.45, 7) is 1.74. The number of alkyl halides is 6. The Morgan fingerprint density at radius 1 is 0.833 bits per heavy atom. The molecule has 0 aromatic heterocycles. The van der Waals surface area contributed by atoms with Crippen LogP contribution in [-0.4, -0.2) is 0 Å². The lowest BCUT2D eigenvalue weighted by Crippen LogP contribution is -2.12. The van der Waals surface area contributed by atoms with E-state index in [1.807, 2.05) is 30.3 Å². The summed E-state index contributed by atoms with van der Waals surface area (Å²) in [5.41, 5.74) is 9.32. The quantitative estimate of drug-likeness (QED) is 0.280. The van der Waals surface area contributed by atoms with Crippen molar-refractivity contribution in [1.82, 2.24) is 0 Å². The van der Waals surface area contributed by atoms with E-state index >= 15 is 0 Å². The highest BCUT2D eigenvalue weighted by Crippen LogP contribution is 2.43. The minimum atomic E-state index is -4.87. The smallest absolute Gasteiger partial charge is 0.398 e. The molecular formula is C23H17F6N.